The molecule has 84 valence electrons. The predicted molar refractivity (Wildman–Crippen MR) is 63.4 cm³/mol. The molecule has 0 aliphatic carbocycles. The van der Waals surface area contributed by atoms with Crippen molar-refractivity contribution in [1.29, 1.82) is 0 Å². The Bertz CT molecular complexity index is 523. The van der Waals surface area contributed by atoms with Crippen LogP contribution in [0.2, 0.25) is 0 Å². The Morgan fingerprint density at radius 1 is 1.38 bits per heavy atom. The fourth-order valence-electron chi connectivity index (χ4n) is 1.71. The molecule has 0 amide bonds. The first-order chi connectivity index (χ1) is 7.78. The monoisotopic (exact) mass is 218 g/mol. The second-order valence-corrected chi connectivity index (χ2v) is 3.51. The molecule has 2 rings (SSSR count). The summed E-state index contributed by atoms with van der Waals surface area (Å²) < 4.78 is 10.7. The molecule has 0 radical (unpaired) electrons. The summed E-state index contributed by atoms with van der Waals surface area (Å²) in [5.41, 5.74) is 1.73. The van der Waals surface area contributed by atoms with Gasteiger partial charge in [0.05, 0.1) is 7.11 Å². The highest BCUT2D eigenvalue weighted by molar-refractivity contribution is 5.86. The second kappa shape index (κ2) is 4.41. The summed E-state index contributed by atoms with van der Waals surface area (Å²) in [5, 5.41) is 9.97. The number of benzene rings is 1. The Balaban J connectivity index is 2.65. The van der Waals surface area contributed by atoms with Crippen LogP contribution >= 0.6 is 0 Å². The molecule has 0 unspecified atom stereocenters. The zero-order chi connectivity index (χ0) is 11.5. The van der Waals surface area contributed by atoms with Crippen LogP contribution in [0.25, 0.3) is 17.0 Å². The van der Waals surface area contributed by atoms with Gasteiger partial charge in [0.15, 0.2) is 11.3 Å². The number of ether oxygens (including phenoxy) is 1. The van der Waals surface area contributed by atoms with Gasteiger partial charge < -0.3 is 14.3 Å². The van der Waals surface area contributed by atoms with Gasteiger partial charge in [-0.2, -0.15) is 0 Å². The van der Waals surface area contributed by atoms with Crippen LogP contribution in [0.4, 0.5) is 0 Å². The van der Waals surface area contributed by atoms with E-state index in [4.69, 9.17) is 14.3 Å². The van der Waals surface area contributed by atoms with Gasteiger partial charge in [-0.05, 0) is 30.7 Å². The van der Waals surface area contributed by atoms with Crippen molar-refractivity contribution in [1.82, 2.24) is 0 Å². The van der Waals surface area contributed by atoms with E-state index in [0.717, 1.165) is 10.9 Å². The smallest absolute Gasteiger partial charge is 0.176 e. The molecule has 0 spiro atoms. The minimum Gasteiger partial charge on any atom is -0.493 e. The van der Waals surface area contributed by atoms with Crippen LogP contribution in [0, 0.1) is 0 Å². The Labute approximate surface area is 94.0 Å². The molecule has 0 saturated carbocycles. The zero-order valence-electron chi connectivity index (χ0n) is 9.36. The molecule has 1 aromatic heterocycles. The van der Waals surface area contributed by atoms with Gasteiger partial charge in [0.25, 0.3) is 0 Å². The van der Waals surface area contributed by atoms with E-state index >= 15 is 0 Å². The molecule has 1 heterocycles. The molecule has 1 aromatic carbocycles. The van der Waals surface area contributed by atoms with Gasteiger partial charge in [-0.3, -0.25) is 0 Å². The van der Waals surface area contributed by atoms with Crippen LogP contribution in [0.1, 0.15) is 18.2 Å². The molecule has 0 saturated heterocycles. The van der Waals surface area contributed by atoms with Crippen molar-refractivity contribution in [2.75, 3.05) is 7.11 Å². The average Bonchev–Trinajstić information content (AvgIpc) is 2.71. The molecule has 3 heteroatoms. The highest BCUT2D eigenvalue weighted by Crippen LogP contribution is 2.30. The number of allylic oxidation sites excluding steroid dienone is 1. The van der Waals surface area contributed by atoms with E-state index in [0.29, 0.717) is 17.1 Å². The first-order valence-electron chi connectivity index (χ1n) is 5.12. The maximum atomic E-state index is 9.03. The first kappa shape index (κ1) is 10.8. The fourth-order valence-corrected chi connectivity index (χ4v) is 1.71. The van der Waals surface area contributed by atoms with E-state index in [2.05, 4.69) is 0 Å². The molecule has 16 heavy (non-hydrogen) atoms. The average molecular weight is 218 g/mol. The molecule has 1 N–H and O–H groups in total. The number of hydrogen-bond donors (Lipinski definition) is 1. The normalized spacial score (nSPS) is 11.4. The van der Waals surface area contributed by atoms with Crippen molar-refractivity contribution in [3.8, 4) is 5.75 Å². The van der Waals surface area contributed by atoms with Gasteiger partial charge in [-0.25, -0.2) is 0 Å². The Hall–Kier alpha value is -1.74. The fraction of sp³-hybridized carbons (Fsp3) is 0.231. The van der Waals surface area contributed by atoms with Crippen LogP contribution in [-0.4, -0.2) is 12.2 Å². The number of methoxy groups -OCH3 is 1. The molecule has 0 aliphatic heterocycles. The van der Waals surface area contributed by atoms with Crippen LogP contribution in [0.3, 0.4) is 0 Å². The Kier molecular flexibility index (Phi) is 2.97. The summed E-state index contributed by atoms with van der Waals surface area (Å²) in [6.45, 7) is 1.86. The third-order valence-electron chi connectivity index (χ3n) is 2.39. The molecule has 0 bridgehead atoms. The first-order valence-corrected chi connectivity index (χ1v) is 5.12. The van der Waals surface area contributed by atoms with Crippen LogP contribution in [-0.2, 0) is 6.61 Å². The van der Waals surface area contributed by atoms with Crippen LogP contribution < -0.4 is 4.74 Å². The van der Waals surface area contributed by atoms with Crippen molar-refractivity contribution in [2.45, 2.75) is 13.5 Å². The molecule has 0 aliphatic rings. The van der Waals surface area contributed by atoms with Crippen LogP contribution in [0.5, 0.6) is 5.75 Å². The quantitative estimate of drug-likeness (QED) is 0.861. The summed E-state index contributed by atoms with van der Waals surface area (Å²) in [4.78, 5) is 0. The van der Waals surface area contributed by atoms with Crippen molar-refractivity contribution >= 4 is 17.0 Å². The molecular formula is C13H14O3. The lowest BCUT2D eigenvalue weighted by Crippen LogP contribution is -1.84. The standard InChI is InChI=1S/C13H14O3/c1-3-4-9-5-10-7-11(8-14)16-13(10)12(6-9)15-2/h3-7,14H,8H2,1-2H3. The van der Waals surface area contributed by atoms with E-state index in [9.17, 15) is 0 Å². The largest absolute Gasteiger partial charge is 0.493 e. The number of fused-ring (bicyclic) bond motifs is 1. The summed E-state index contributed by atoms with van der Waals surface area (Å²) in [6.07, 6.45) is 3.96. The number of furan rings is 1. The number of rotatable bonds is 3. The van der Waals surface area contributed by atoms with Gasteiger partial charge in [-0.15, -0.1) is 0 Å². The topological polar surface area (TPSA) is 42.6 Å². The lowest BCUT2D eigenvalue weighted by Gasteiger charge is -2.02. The molecule has 3 nitrogen and oxygen atoms in total. The maximum absolute atomic E-state index is 9.03. The van der Waals surface area contributed by atoms with Crippen molar-refractivity contribution < 1.29 is 14.3 Å². The van der Waals surface area contributed by atoms with Gasteiger partial charge in [0.2, 0.25) is 0 Å². The number of aliphatic hydroxyl groups is 1. The molecule has 0 atom stereocenters. The summed E-state index contributed by atoms with van der Waals surface area (Å²) in [7, 11) is 1.61. The van der Waals surface area contributed by atoms with E-state index in [1.165, 1.54) is 0 Å². The zero-order valence-corrected chi connectivity index (χ0v) is 9.36. The van der Waals surface area contributed by atoms with Gasteiger partial charge >= 0.3 is 0 Å². The second-order valence-electron chi connectivity index (χ2n) is 3.51. The number of aliphatic hydroxyl groups excluding tert-OH is 1. The summed E-state index contributed by atoms with van der Waals surface area (Å²) >= 11 is 0. The minimum absolute atomic E-state index is 0.100. The van der Waals surface area contributed by atoms with Gasteiger partial charge in [0, 0.05) is 5.39 Å². The lowest BCUT2D eigenvalue weighted by atomic mass is 10.1. The predicted octanol–water partition coefficient (Wildman–Crippen LogP) is 2.97. The maximum Gasteiger partial charge on any atom is 0.176 e. The SMILES string of the molecule is CC=Cc1cc(OC)c2oc(CO)cc2c1. The summed E-state index contributed by atoms with van der Waals surface area (Å²) in [6, 6.07) is 5.73. The van der Waals surface area contributed by atoms with E-state index in [1.54, 1.807) is 7.11 Å². The molecule has 2 aromatic rings. The van der Waals surface area contributed by atoms with Crippen molar-refractivity contribution in [3.63, 3.8) is 0 Å². The Morgan fingerprint density at radius 3 is 2.81 bits per heavy atom. The highest BCUT2D eigenvalue weighted by Gasteiger charge is 2.09. The highest BCUT2D eigenvalue weighted by atomic mass is 16.5. The summed E-state index contributed by atoms with van der Waals surface area (Å²) in [5.74, 6) is 1.23. The molecular weight excluding hydrogens is 204 g/mol. The third kappa shape index (κ3) is 1.82. The van der Waals surface area contributed by atoms with Crippen LogP contribution in [0.15, 0.2) is 28.7 Å². The van der Waals surface area contributed by atoms with E-state index in [1.807, 2.05) is 37.3 Å². The van der Waals surface area contributed by atoms with Gasteiger partial charge in [-0.1, -0.05) is 12.2 Å². The Morgan fingerprint density at radius 2 is 2.19 bits per heavy atom. The minimum atomic E-state index is -0.100. The van der Waals surface area contributed by atoms with E-state index in [-0.39, 0.29) is 6.61 Å². The lowest BCUT2D eigenvalue weighted by molar-refractivity contribution is 0.250. The van der Waals surface area contributed by atoms with Crippen molar-refractivity contribution in [3.05, 3.63) is 35.6 Å². The third-order valence-corrected chi connectivity index (χ3v) is 2.39. The van der Waals surface area contributed by atoms with E-state index < -0.39 is 0 Å². The van der Waals surface area contributed by atoms with Gasteiger partial charge in [0.1, 0.15) is 12.4 Å². The number of hydrogen-bond acceptors (Lipinski definition) is 3. The van der Waals surface area contributed by atoms with Crippen molar-refractivity contribution in [2.24, 2.45) is 0 Å². The molecule has 0 fully saturated rings.